The molecule has 14 heavy (non-hydrogen) atoms. The molecule has 0 saturated carbocycles. The fraction of sp³-hybridized carbons (Fsp3) is 0.538. The number of rotatable bonds is 1. The van der Waals surface area contributed by atoms with Crippen molar-refractivity contribution in [3.05, 3.63) is 35.4 Å². The van der Waals surface area contributed by atoms with Crippen molar-refractivity contribution < 1.29 is 0 Å². The minimum absolute atomic E-state index is 0.135. The summed E-state index contributed by atoms with van der Waals surface area (Å²) in [6.07, 6.45) is 2.12. The van der Waals surface area contributed by atoms with Gasteiger partial charge in [0.25, 0.3) is 0 Å². The minimum atomic E-state index is -0.135. The monoisotopic (exact) mass is 189 g/mol. The van der Waals surface area contributed by atoms with E-state index in [4.69, 9.17) is 5.73 Å². The Bertz CT molecular complexity index is 354. The number of hydrogen-bond acceptors (Lipinski definition) is 1. The van der Waals surface area contributed by atoms with Crippen LogP contribution in [0, 0.1) is 5.41 Å². The van der Waals surface area contributed by atoms with E-state index in [1.807, 2.05) is 0 Å². The Morgan fingerprint density at radius 2 is 1.93 bits per heavy atom. The van der Waals surface area contributed by atoms with Crippen molar-refractivity contribution in [2.75, 3.05) is 0 Å². The van der Waals surface area contributed by atoms with E-state index < -0.39 is 0 Å². The highest BCUT2D eigenvalue weighted by Gasteiger charge is 2.47. The Hall–Kier alpha value is -0.820. The lowest BCUT2D eigenvalue weighted by Gasteiger charge is -2.38. The van der Waals surface area contributed by atoms with Crippen LogP contribution >= 0.6 is 0 Å². The van der Waals surface area contributed by atoms with Gasteiger partial charge >= 0.3 is 0 Å². The molecule has 0 saturated heterocycles. The molecule has 0 radical (unpaired) electrons. The second-order valence-corrected chi connectivity index (χ2v) is 5.04. The molecule has 1 aromatic rings. The molecule has 1 atom stereocenters. The number of nitrogens with two attached hydrogens (primary N) is 1. The quantitative estimate of drug-likeness (QED) is 0.722. The van der Waals surface area contributed by atoms with E-state index in [1.54, 1.807) is 0 Å². The van der Waals surface area contributed by atoms with Gasteiger partial charge in [0, 0.05) is 5.54 Å². The number of benzene rings is 1. The van der Waals surface area contributed by atoms with Gasteiger partial charge in [-0.05, 0) is 29.4 Å². The lowest BCUT2D eigenvalue weighted by atomic mass is 9.72. The summed E-state index contributed by atoms with van der Waals surface area (Å²) in [7, 11) is 0. The summed E-state index contributed by atoms with van der Waals surface area (Å²) in [6, 6.07) is 8.60. The molecule has 1 heteroatoms. The van der Waals surface area contributed by atoms with Crippen molar-refractivity contribution in [1.82, 2.24) is 0 Å². The summed E-state index contributed by atoms with van der Waals surface area (Å²) in [6.45, 7) is 6.73. The molecule has 1 aromatic carbocycles. The average molecular weight is 189 g/mol. The van der Waals surface area contributed by atoms with E-state index in [9.17, 15) is 0 Å². The van der Waals surface area contributed by atoms with Gasteiger partial charge in [0.1, 0.15) is 0 Å². The number of fused-ring (bicyclic) bond motifs is 1. The molecular formula is C13H19N. The maximum atomic E-state index is 6.55. The van der Waals surface area contributed by atoms with Crippen LogP contribution in [0.25, 0.3) is 0 Å². The minimum Gasteiger partial charge on any atom is -0.321 e. The molecule has 76 valence electrons. The molecule has 1 aliphatic rings. The average Bonchev–Trinajstić information content (AvgIpc) is 2.36. The summed E-state index contributed by atoms with van der Waals surface area (Å²) < 4.78 is 0. The zero-order valence-corrected chi connectivity index (χ0v) is 9.30. The summed E-state index contributed by atoms with van der Waals surface area (Å²) in [5, 5.41) is 0. The highest BCUT2D eigenvalue weighted by molar-refractivity contribution is 5.41. The Morgan fingerprint density at radius 3 is 2.57 bits per heavy atom. The van der Waals surface area contributed by atoms with Gasteiger partial charge in [-0.25, -0.2) is 0 Å². The Balaban J connectivity index is 2.59. The van der Waals surface area contributed by atoms with Crippen LogP contribution in [0.4, 0.5) is 0 Å². The Kier molecular flexibility index (Phi) is 1.97. The van der Waals surface area contributed by atoms with Crippen molar-refractivity contribution in [2.24, 2.45) is 11.1 Å². The molecule has 0 spiro atoms. The highest BCUT2D eigenvalue weighted by Crippen LogP contribution is 2.49. The van der Waals surface area contributed by atoms with Crippen LogP contribution in [-0.4, -0.2) is 0 Å². The molecule has 0 amide bonds. The third kappa shape index (κ3) is 1.05. The third-order valence-corrected chi connectivity index (χ3v) is 3.90. The zero-order valence-electron chi connectivity index (χ0n) is 9.30. The van der Waals surface area contributed by atoms with Gasteiger partial charge in [0.05, 0.1) is 0 Å². The van der Waals surface area contributed by atoms with Gasteiger partial charge in [-0.15, -0.1) is 0 Å². The topological polar surface area (TPSA) is 26.0 Å². The molecule has 0 aromatic heterocycles. The van der Waals surface area contributed by atoms with Gasteiger partial charge in [0.15, 0.2) is 0 Å². The number of hydrogen-bond donors (Lipinski definition) is 1. The molecule has 0 heterocycles. The van der Waals surface area contributed by atoms with E-state index in [2.05, 4.69) is 45.0 Å². The first-order valence-electron chi connectivity index (χ1n) is 5.38. The van der Waals surface area contributed by atoms with Crippen molar-refractivity contribution in [3.8, 4) is 0 Å². The lowest BCUT2D eigenvalue weighted by Crippen LogP contribution is -2.46. The molecule has 1 nitrogen and oxygen atoms in total. The SMILES string of the molecule is CCC1(N)c2ccccc2CC1(C)C. The van der Waals surface area contributed by atoms with Gasteiger partial charge < -0.3 is 5.73 Å². The van der Waals surface area contributed by atoms with E-state index in [0.717, 1.165) is 12.8 Å². The van der Waals surface area contributed by atoms with E-state index in [0.29, 0.717) is 0 Å². The van der Waals surface area contributed by atoms with Crippen LogP contribution in [-0.2, 0) is 12.0 Å². The molecule has 1 aliphatic carbocycles. The van der Waals surface area contributed by atoms with Crippen molar-refractivity contribution in [1.29, 1.82) is 0 Å². The molecule has 2 N–H and O–H groups in total. The molecule has 1 unspecified atom stereocenters. The van der Waals surface area contributed by atoms with E-state index in [1.165, 1.54) is 11.1 Å². The van der Waals surface area contributed by atoms with Crippen LogP contribution in [0.1, 0.15) is 38.3 Å². The molecule has 0 bridgehead atoms. The molecule has 0 aliphatic heterocycles. The zero-order chi connectivity index (χ0) is 10.4. The van der Waals surface area contributed by atoms with Crippen molar-refractivity contribution in [3.63, 3.8) is 0 Å². The predicted molar refractivity (Wildman–Crippen MR) is 60.1 cm³/mol. The fourth-order valence-corrected chi connectivity index (χ4v) is 2.78. The highest BCUT2D eigenvalue weighted by atomic mass is 14.8. The summed E-state index contributed by atoms with van der Waals surface area (Å²) in [5.41, 5.74) is 9.38. The Morgan fingerprint density at radius 1 is 1.29 bits per heavy atom. The standard InChI is InChI=1S/C13H19N/c1-4-13(14)11-8-6-5-7-10(11)9-12(13,2)3/h5-8H,4,9,14H2,1-3H3. The van der Waals surface area contributed by atoms with Gasteiger partial charge in [-0.1, -0.05) is 45.0 Å². The summed E-state index contributed by atoms with van der Waals surface area (Å²) in [4.78, 5) is 0. The van der Waals surface area contributed by atoms with Crippen molar-refractivity contribution >= 4 is 0 Å². The summed E-state index contributed by atoms with van der Waals surface area (Å²) >= 11 is 0. The maximum absolute atomic E-state index is 6.55. The molecule has 0 fully saturated rings. The third-order valence-electron chi connectivity index (χ3n) is 3.90. The van der Waals surface area contributed by atoms with Gasteiger partial charge in [-0.3, -0.25) is 0 Å². The first-order chi connectivity index (χ1) is 6.51. The lowest BCUT2D eigenvalue weighted by molar-refractivity contribution is 0.183. The first kappa shape index (κ1) is 9.72. The molecular weight excluding hydrogens is 170 g/mol. The largest absolute Gasteiger partial charge is 0.321 e. The van der Waals surface area contributed by atoms with Crippen molar-refractivity contribution in [2.45, 2.75) is 39.2 Å². The van der Waals surface area contributed by atoms with Gasteiger partial charge in [-0.2, -0.15) is 0 Å². The van der Waals surface area contributed by atoms with Gasteiger partial charge in [0.2, 0.25) is 0 Å². The fourth-order valence-electron chi connectivity index (χ4n) is 2.78. The maximum Gasteiger partial charge on any atom is 0.0464 e. The van der Waals surface area contributed by atoms with Crippen LogP contribution in [0.2, 0.25) is 0 Å². The second-order valence-electron chi connectivity index (χ2n) is 5.04. The van der Waals surface area contributed by atoms with Crippen LogP contribution in [0.15, 0.2) is 24.3 Å². The van der Waals surface area contributed by atoms with E-state index in [-0.39, 0.29) is 11.0 Å². The normalized spacial score (nSPS) is 28.9. The summed E-state index contributed by atoms with van der Waals surface area (Å²) in [5.74, 6) is 0. The molecule has 2 rings (SSSR count). The smallest absolute Gasteiger partial charge is 0.0464 e. The Labute approximate surface area is 86.3 Å². The second kappa shape index (κ2) is 2.83. The predicted octanol–water partition coefficient (Wildman–Crippen LogP) is 2.83. The van der Waals surface area contributed by atoms with Crippen LogP contribution in [0.5, 0.6) is 0 Å². The van der Waals surface area contributed by atoms with Crippen LogP contribution in [0.3, 0.4) is 0 Å². The first-order valence-corrected chi connectivity index (χ1v) is 5.38. The van der Waals surface area contributed by atoms with Crippen LogP contribution < -0.4 is 5.73 Å². The van der Waals surface area contributed by atoms with E-state index >= 15 is 0 Å².